The number of esters is 2. The first-order valence-electron chi connectivity index (χ1n) is 28.4. The average molecular weight is 966 g/mol. The maximum Gasteiger partial charge on any atom is 0.306 e. The first kappa shape index (κ1) is 65.8. The van der Waals surface area contributed by atoms with Gasteiger partial charge in [-0.1, -0.05) is 250 Å². The summed E-state index contributed by atoms with van der Waals surface area (Å²) >= 11 is 0. The lowest BCUT2D eigenvalue weighted by atomic mass is 10.1. The number of hydrogen-bond donors (Lipinski definition) is 1. The van der Waals surface area contributed by atoms with Gasteiger partial charge in [0.25, 0.3) is 0 Å². The van der Waals surface area contributed by atoms with Crippen LogP contribution in [0.25, 0.3) is 0 Å². The highest BCUT2D eigenvalue weighted by atomic mass is 16.6. The molecule has 0 aliphatic heterocycles. The zero-order chi connectivity index (χ0) is 50.6. The molecule has 0 aromatic rings. The first-order chi connectivity index (χ1) is 34.6. The molecule has 1 N–H and O–H groups in total. The van der Waals surface area contributed by atoms with E-state index in [2.05, 4.69) is 160 Å². The predicted octanol–water partition coefficient (Wildman–Crippen LogP) is 19.4. The van der Waals surface area contributed by atoms with E-state index in [1.807, 2.05) is 0 Å². The van der Waals surface area contributed by atoms with Crippen molar-refractivity contribution in [1.82, 2.24) is 0 Å². The van der Waals surface area contributed by atoms with Crippen molar-refractivity contribution in [2.45, 2.75) is 238 Å². The molecule has 0 saturated heterocycles. The Bertz CT molecular complexity index is 1510. The highest BCUT2D eigenvalue weighted by Crippen LogP contribution is 2.14. The Kier molecular flexibility index (Phi) is 55.5. The molecular formula is C65H104O5. The Morgan fingerprint density at radius 3 is 0.857 bits per heavy atom. The summed E-state index contributed by atoms with van der Waals surface area (Å²) in [5, 5.41) is 9.66. The molecule has 0 amide bonds. The van der Waals surface area contributed by atoms with Crippen molar-refractivity contribution in [3.63, 3.8) is 0 Å². The predicted molar refractivity (Wildman–Crippen MR) is 306 cm³/mol. The molecule has 0 aliphatic carbocycles. The van der Waals surface area contributed by atoms with E-state index in [4.69, 9.17) is 9.47 Å². The van der Waals surface area contributed by atoms with Gasteiger partial charge in [-0.2, -0.15) is 0 Å². The minimum absolute atomic E-state index is 0.0803. The zero-order valence-electron chi connectivity index (χ0n) is 45.0. The van der Waals surface area contributed by atoms with Gasteiger partial charge in [-0.25, -0.2) is 0 Å². The molecular weight excluding hydrogens is 861 g/mol. The fourth-order valence-electron chi connectivity index (χ4n) is 7.44. The standard InChI is InChI=1S/C65H104O5/c1-3-5-7-9-11-13-15-17-19-21-23-25-27-28-29-30-31-32-33-34-35-36-38-40-42-44-46-48-50-52-54-56-58-60-65(68)70-63(61-66)62-69-64(67)59-57-55-53-51-49-47-45-43-41-39-37-26-24-22-20-18-16-14-12-10-8-6-4-2/h5-8,11-14,17-20,23-26,28-29,31-32,34-35,38,40,63,66H,3-4,9-10,15-16,21-22,27,30,33,36-37,39,41-62H2,1-2H3/b7-5-,8-6-,13-11-,14-12-,19-17-,20-18-,25-23-,26-24-,29-28-,32-31-,35-34-,40-38-. The average Bonchev–Trinajstić information content (AvgIpc) is 3.36. The molecule has 394 valence electrons. The Morgan fingerprint density at radius 2 is 0.571 bits per heavy atom. The van der Waals surface area contributed by atoms with Gasteiger partial charge in [-0.05, 0) is 116 Å². The number of ether oxygens (including phenoxy) is 2. The quantitative estimate of drug-likeness (QED) is 0.0374. The van der Waals surface area contributed by atoms with Crippen molar-refractivity contribution in [1.29, 1.82) is 0 Å². The van der Waals surface area contributed by atoms with Crippen LogP contribution < -0.4 is 0 Å². The fraction of sp³-hybridized carbons (Fsp3) is 0.600. The van der Waals surface area contributed by atoms with E-state index in [0.29, 0.717) is 12.8 Å². The molecule has 0 saturated carbocycles. The summed E-state index contributed by atoms with van der Waals surface area (Å²) in [7, 11) is 0. The first-order valence-corrected chi connectivity index (χ1v) is 28.4. The maximum atomic E-state index is 12.3. The van der Waals surface area contributed by atoms with Crippen LogP contribution in [0.4, 0.5) is 0 Å². The molecule has 0 bridgehead atoms. The van der Waals surface area contributed by atoms with Gasteiger partial charge < -0.3 is 14.6 Å². The molecule has 5 nitrogen and oxygen atoms in total. The molecule has 70 heavy (non-hydrogen) atoms. The van der Waals surface area contributed by atoms with Gasteiger partial charge in [0.05, 0.1) is 6.61 Å². The van der Waals surface area contributed by atoms with Crippen molar-refractivity contribution in [2.75, 3.05) is 13.2 Å². The summed E-state index contributed by atoms with van der Waals surface area (Å²) in [6.45, 7) is 3.90. The summed E-state index contributed by atoms with van der Waals surface area (Å²) in [5.74, 6) is -0.613. The highest BCUT2D eigenvalue weighted by Gasteiger charge is 2.16. The van der Waals surface area contributed by atoms with Gasteiger partial charge in [0.2, 0.25) is 0 Å². The summed E-state index contributed by atoms with van der Waals surface area (Å²) < 4.78 is 10.7. The van der Waals surface area contributed by atoms with Crippen LogP contribution >= 0.6 is 0 Å². The van der Waals surface area contributed by atoms with Crippen LogP contribution in [-0.4, -0.2) is 36.4 Å². The second-order valence-electron chi connectivity index (χ2n) is 18.2. The van der Waals surface area contributed by atoms with E-state index in [-0.39, 0.29) is 25.2 Å². The van der Waals surface area contributed by atoms with E-state index < -0.39 is 6.10 Å². The Hall–Kier alpha value is -4.22. The van der Waals surface area contributed by atoms with Crippen molar-refractivity contribution >= 4 is 11.9 Å². The smallest absolute Gasteiger partial charge is 0.306 e. The zero-order valence-corrected chi connectivity index (χ0v) is 45.0. The molecule has 1 atom stereocenters. The minimum atomic E-state index is -0.790. The van der Waals surface area contributed by atoms with Crippen molar-refractivity contribution in [3.8, 4) is 0 Å². The number of rotatable bonds is 50. The summed E-state index contributed by atoms with van der Waals surface area (Å²) in [6, 6.07) is 0. The minimum Gasteiger partial charge on any atom is -0.462 e. The van der Waals surface area contributed by atoms with Crippen molar-refractivity contribution in [2.24, 2.45) is 0 Å². The number of hydrogen-bond acceptors (Lipinski definition) is 5. The third kappa shape index (κ3) is 56.4. The number of carbonyl (C=O) groups excluding carboxylic acids is 2. The third-order valence-corrected chi connectivity index (χ3v) is 11.6. The van der Waals surface area contributed by atoms with Gasteiger partial charge >= 0.3 is 11.9 Å². The SMILES string of the molecule is CC/C=C\C/C=C\C/C=C\C/C=C\C/C=C\C/C=C\C/C=C\C/C=C\CCCCCCCCCCC(=O)OC(CO)COC(=O)CCCCCCCCCCCC/C=C\C/C=C\C/C=C\C/C=C\CC. The second kappa shape index (κ2) is 59.1. The lowest BCUT2D eigenvalue weighted by molar-refractivity contribution is -0.161. The molecule has 0 aliphatic rings. The Labute approximate surface area is 431 Å². The lowest BCUT2D eigenvalue weighted by Gasteiger charge is -2.15. The van der Waals surface area contributed by atoms with Crippen molar-refractivity contribution < 1.29 is 24.2 Å². The van der Waals surface area contributed by atoms with E-state index in [1.54, 1.807) is 0 Å². The van der Waals surface area contributed by atoms with Gasteiger partial charge in [0, 0.05) is 12.8 Å². The monoisotopic (exact) mass is 965 g/mol. The number of unbranched alkanes of at least 4 members (excludes halogenated alkanes) is 18. The molecule has 5 heteroatoms. The summed E-state index contributed by atoms with van der Waals surface area (Å²) in [5.41, 5.74) is 0. The van der Waals surface area contributed by atoms with Crippen molar-refractivity contribution in [3.05, 3.63) is 146 Å². The fourth-order valence-corrected chi connectivity index (χ4v) is 7.44. The van der Waals surface area contributed by atoms with Crippen LogP contribution in [0.15, 0.2) is 146 Å². The number of aliphatic hydroxyl groups is 1. The summed E-state index contributed by atoms with van der Waals surface area (Å²) in [6.07, 6.45) is 89.5. The molecule has 0 aromatic carbocycles. The topological polar surface area (TPSA) is 72.8 Å². The van der Waals surface area contributed by atoms with Gasteiger partial charge in [-0.15, -0.1) is 0 Å². The molecule has 0 heterocycles. The van der Waals surface area contributed by atoms with Crippen LogP contribution in [0.2, 0.25) is 0 Å². The van der Waals surface area contributed by atoms with E-state index in [1.165, 1.54) is 83.5 Å². The van der Waals surface area contributed by atoms with Gasteiger partial charge in [-0.3, -0.25) is 9.59 Å². The molecule has 0 spiro atoms. The van der Waals surface area contributed by atoms with Crippen LogP contribution in [0.1, 0.15) is 232 Å². The van der Waals surface area contributed by atoms with E-state index >= 15 is 0 Å². The number of aliphatic hydroxyl groups excluding tert-OH is 1. The van der Waals surface area contributed by atoms with E-state index in [9.17, 15) is 14.7 Å². The van der Waals surface area contributed by atoms with Crippen LogP contribution in [-0.2, 0) is 19.1 Å². The molecule has 0 rings (SSSR count). The molecule has 0 aromatic heterocycles. The Balaban J connectivity index is 3.60. The molecule has 0 fully saturated rings. The summed E-state index contributed by atoms with van der Waals surface area (Å²) in [4.78, 5) is 24.5. The largest absolute Gasteiger partial charge is 0.462 e. The molecule has 1 unspecified atom stereocenters. The molecule has 0 radical (unpaired) electrons. The third-order valence-electron chi connectivity index (χ3n) is 11.6. The van der Waals surface area contributed by atoms with Gasteiger partial charge in [0.15, 0.2) is 6.10 Å². The highest BCUT2D eigenvalue weighted by molar-refractivity contribution is 5.70. The van der Waals surface area contributed by atoms with E-state index in [0.717, 1.165) is 122 Å². The van der Waals surface area contributed by atoms with Crippen LogP contribution in [0, 0.1) is 0 Å². The van der Waals surface area contributed by atoms with Crippen LogP contribution in [0.3, 0.4) is 0 Å². The Morgan fingerprint density at radius 1 is 0.329 bits per heavy atom. The number of allylic oxidation sites excluding steroid dienone is 24. The maximum absolute atomic E-state index is 12.3. The van der Waals surface area contributed by atoms with Crippen LogP contribution in [0.5, 0.6) is 0 Å². The second-order valence-corrected chi connectivity index (χ2v) is 18.2. The number of carbonyl (C=O) groups is 2. The lowest BCUT2D eigenvalue weighted by Crippen LogP contribution is -2.28. The van der Waals surface area contributed by atoms with Gasteiger partial charge in [0.1, 0.15) is 6.61 Å². The normalized spacial score (nSPS) is 13.4.